The Morgan fingerprint density at radius 1 is 1.04 bits per heavy atom. The highest BCUT2D eigenvalue weighted by molar-refractivity contribution is 5.78. The third-order valence-corrected chi connectivity index (χ3v) is 4.47. The Kier molecular flexibility index (Phi) is 9.13. The van der Waals surface area contributed by atoms with E-state index >= 15 is 0 Å². The van der Waals surface area contributed by atoms with Gasteiger partial charge in [0.25, 0.3) is 6.47 Å². The highest BCUT2D eigenvalue weighted by Crippen LogP contribution is 2.44. The van der Waals surface area contributed by atoms with Crippen LogP contribution in [0.5, 0.6) is 0 Å². The van der Waals surface area contributed by atoms with Gasteiger partial charge in [0.2, 0.25) is 0 Å². The maximum Gasteiger partial charge on any atom is 0.293 e. The molecule has 2 aromatic rings. The molecule has 148 valence electrons. The summed E-state index contributed by atoms with van der Waals surface area (Å²) in [5.41, 5.74) is 5.00. The van der Waals surface area contributed by atoms with E-state index in [1.165, 1.54) is 22.3 Å². The molecule has 0 heterocycles. The predicted octanol–water partition coefficient (Wildman–Crippen LogP) is 4.10. The van der Waals surface area contributed by atoms with Gasteiger partial charge in [-0.15, -0.1) is 0 Å². The van der Waals surface area contributed by atoms with Crippen molar-refractivity contribution in [2.24, 2.45) is 9.98 Å². The fourth-order valence-corrected chi connectivity index (χ4v) is 3.21. The van der Waals surface area contributed by atoms with Gasteiger partial charge in [0.05, 0.1) is 12.6 Å². The van der Waals surface area contributed by atoms with Crippen LogP contribution in [0.4, 0.5) is 0 Å². The summed E-state index contributed by atoms with van der Waals surface area (Å²) in [5.74, 6) is 0.174. The molecule has 0 radical (unpaired) electrons. The number of aliphatic imine (C=N–C) groups is 2. The lowest BCUT2D eigenvalue weighted by atomic mass is 9.98. The topological polar surface area (TPSA) is 54.3 Å². The second-order valence-electron chi connectivity index (χ2n) is 6.77. The van der Waals surface area contributed by atoms with Gasteiger partial charge in [0.15, 0.2) is 0 Å². The highest BCUT2D eigenvalue weighted by atomic mass is 16.5. The second kappa shape index (κ2) is 11.9. The zero-order valence-corrected chi connectivity index (χ0v) is 17.0. The zero-order valence-electron chi connectivity index (χ0n) is 17.0. The molecule has 5 heteroatoms. The molecule has 0 aromatic heterocycles. The number of fused-ring (bicyclic) bond motifs is 3. The Morgan fingerprint density at radius 3 is 2.18 bits per heavy atom. The fraction of sp³-hybridized carbons (Fsp3) is 0.391. The molecule has 0 bridgehead atoms. The van der Waals surface area contributed by atoms with Gasteiger partial charge in [-0.1, -0.05) is 48.5 Å². The molecule has 1 aliphatic rings. The number of benzene rings is 2. The van der Waals surface area contributed by atoms with Gasteiger partial charge >= 0.3 is 0 Å². The number of ether oxygens (including phenoxy) is 1. The standard InChI is InChI=1S/C15H12O2.C8H17N3/c16-10-17-9-15-13-7-3-1-5-11(13)12-6-2-4-8-14(12)15;1-4-9-8-10-6-5-7-11(2)3/h1-8,10,15H,9H2;4-7H2,1-3H3. The van der Waals surface area contributed by atoms with Crippen LogP contribution < -0.4 is 0 Å². The van der Waals surface area contributed by atoms with Crippen LogP contribution in [0, 0.1) is 0 Å². The van der Waals surface area contributed by atoms with E-state index in [1.807, 2.05) is 31.2 Å². The van der Waals surface area contributed by atoms with Crippen LogP contribution in [0.1, 0.15) is 30.4 Å². The summed E-state index contributed by atoms with van der Waals surface area (Å²) in [6.07, 6.45) is 1.08. The summed E-state index contributed by atoms with van der Waals surface area (Å²) in [6.45, 7) is 5.60. The fourth-order valence-electron chi connectivity index (χ4n) is 3.21. The molecule has 28 heavy (non-hydrogen) atoms. The predicted molar refractivity (Wildman–Crippen MR) is 114 cm³/mol. The van der Waals surface area contributed by atoms with Gasteiger partial charge in [0.1, 0.15) is 6.61 Å². The summed E-state index contributed by atoms with van der Waals surface area (Å²) in [6, 6.07) is 19.2. The third-order valence-electron chi connectivity index (χ3n) is 4.47. The van der Waals surface area contributed by atoms with E-state index in [2.05, 4.69) is 59.3 Å². The van der Waals surface area contributed by atoms with E-state index < -0.39 is 0 Å². The van der Waals surface area contributed by atoms with E-state index in [0.29, 0.717) is 13.1 Å². The lowest BCUT2D eigenvalue weighted by Crippen LogP contribution is -2.13. The van der Waals surface area contributed by atoms with Crippen LogP contribution in [0.25, 0.3) is 11.1 Å². The highest BCUT2D eigenvalue weighted by Gasteiger charge is 2.28. The molecule has 2 aromatic carbocycles. The smallest absolute Gasteiger partial charge is 0.293 e. The van der Waals surface area contributed by atoms with Crippen LogP contribution in [0.15, 0.2) is 58.5 Å². The molecule has 0 spiro atoms. The molecule has 0 N–H and O–H groups in total. The van der Waals surface area contributed by atoms with Crippen LogP contribution in [0.3, 0.4) is 0 Å². The van der Waals surface area contributed by atoms with Crippen molar-refractivity contribution >= 4 is 12.5 Å². The minimum atomic E-state index is 0.174. The first-order valence-electron chi connectivity index (χ1n) is 9.65. The van der Waals surface area contributed by atoms with Crippen LogP contribution in [0.2, 0.25) is 0 Å². The first kappa shape index (κ1) is 21.5. The molecule has 3 rings (SSSR count). The normalized spacial score (nSPS) is 11.6. The number of carbonyl (C=O) groups is 1. The number of rotatable bonds is 8. The van der Waals surface area contributed by atoms with Crippen LogP contribution >= 0.6 is 0 Å². The zero-order chi connectivity index (χ0) is 20.2. The lowest BCUT2D eigenvalue weighted by molar-refractivity contribution is -0.128. The third kappa shape index (κ3) is 6.15. The second-order valence-corrected chi connectivity index (χ2v) is 6.77. The molecule has 0 aliphatic heterocycles. The molecular formula is C23H29N3O2. The largest absolute Gasteiger partial charge is 0.467 e. The van der Waals surface area contributed by atoms with E-state index in [0.717, 1.165) is 26.1 Å². The molecule has 0 amide bonds. The Morgan fingerprint density at radius 2 is 1.64 bits per heavy atom. The van der Waals surface area contributed by atoms with Crippen molar-refractivity contribution < 1.29 is 9.53 Å². The van der Waals surface area contributed by atoms with Crippen molar-refractivity contribution in [3.05, 3.63) is 59.7 Å². The van der Waals surface area contributed by atoms with E-state index in [4.69, 9.17) is 4.74 Å². The summed E-state index contributed by atoms with van der Waals surface area (Å²) in [7, 11) is 4.12. The molecule has 0 atom stereocenters. The summed E-state index contributed by atoms with van der Waals surface area (Å²) < 4.78 is 4.95. The van der Waals surface area contributed by atoms with E-state index in [1.54, 1.807) is 0 Å². The van der Waals surface area contributed by atoms with Crippen molar-refractivity contribution in [2.45, 2.75) is 19.3 Å². The van der Waals surface area contributed by atoms with E-state index in [9.17, 15) is 4.79 Å². The van der Waals surface area contributed by atoms with Crippen molar-refractivity contribution in [2.75, 3.05) is 40.3 Å². The molecule has 0 saturated heterocycles. The van der Waals surface area contributed by atoms with E-state index in [-0.39, 0.29) is 5.92 Å². The number of carbonyl (C=O) groups excluding carboxylic acids is 1. The molecular weight excluding hydrogens is 350 g/mol. The van der Waals surface area contributed by atoms with Crippen molar-refractivity contribution in [1.29, 1.82) is 0 Å². The SMILES string of the molecule is CCN=C=NCCCN(C)C.O=COCC1c2ccccc2-c2ccccc21. The Bertz CT molecular complexity index is 765. The minimum absolute atomic E-state index is 0.174. The quantitative estimate of drug-likeness (QED) is 0.394. The number of hydrogen-bond acceptors (Lipinski definition) is 5. The van der Waals surface area contributed by atoms with Crippen molar-refractivity contribution in [3.63, 3.8) is 0 Å². The molecule has 1 aliphatic carbocycles. The number of nitrogens with zero attached hydrogens (tertiary/aromatic N) is 3. The maximum absolute atomic E-state index is 10.4. The molecule has 0 unspecified atom stereocenters. The average Bonchev–Trinajstić information content (AvgIpc) is 3.03. The van der Waals surface area contributed by atoms with Crippen LogP contribution in [-0.4, -0.2) is 57.7 Å². The number of hydrogen-bond donors (Lipinski definition) is 0. The Labute approximate surface area is 167 Å². The first-order chi connectivity index (χ1) is 13.7. The summed E-state index contributed by atoms with van der Waals surface area (Å²) in [4.78, 5) is 20.4. The van der Waals surface area contributed by atoms with Gasteiger partial charge < -0.3 is 9.64 Å². The Hall–Kier alpha value is -2.75. The lowest BCUT2D eigenvalue weighted by Gasteiger charge is -2.11. The van der Waals surface area contributed by atoms with Gasteiger partial charge in [-0.05, 0) is 56.2 Å². The van der Waals surface area contributed by atoms with Crippen molar-refractivity contribution in [1.82, 2.24) is 4.90 Å². The van der Waals surface area contributed by atoms with Gasteiger partial charge in [-0.25, -0.2) is 9.98 Å². The Balaban J connectivity index is 0.000000224. The first-order valence-corrected chi connectivity index (χ1v) is 9.65. The molecule has 5 nitrogen and oxygen atoms in total. The maximum atomic E-state index is 10.4. The van der Waals surface area contributed by atoms with Crippen molar-refractivity contribution in [3.8, 4) is 11.1 Å². The monoisotopic (exact) mass is 379 g/mol. The summed E-state index contributed by atoms with van der Waals surface area (Å²) >= 11 is 0. The minimum Gasteiger partial charge on any atom is -0.467 e. The molecule has 0 saturated carbocycles. The van der Waals surface area contributed by atoms with Gasteiger partial charge in [0, 0.05) is 12.5 Å². The average molecular weight is 380 g/mol. The van der Waals surface area contributed by atoms with Gasteiger partial charge in [-0.2, -0.15) is 0 Å². The van der Waals surface area contributed by atoms with Crippen LogP contribution in [-0.2, 0) is 9.53 Å². The summed E-state index contributed by atoms with van der Waals surface area (Å²) in [5, 5.41) is 0. The van der Waals surface area contributed by atoms with Gasteiger partial charge in [-0.3, -0.25) is 4.79 Å². The molecule has 0 fully saturated rings.